The first-order valence-electron chi connectivity index (χ1n) is 8.48. The van der Waals surface area contributed by atoms with Gasteiger partial charge in [0.05, 0.1) is 6.04 Å². The van der Waals surface area contributed by atoms with Crippen molar-refractivity contribution < 1.29 is 9.21 Å². The van der Waals surface area contributed by atoms with Crippen LogP contribution >= 0.6 is 11.3 Å². The molecular weight excluding hydrogens is 322 g/mol. The number of furan rings is 1. The highest BCUT2D eigenvalue weighted by atomic mass is 32.1. The zero-order valence-corrected chi connectivity index (χ0v) is 15.1. The van der Waals surface area contributed by atoms with Crippen LogP contribution in [-0.2, 0) is 6.54 Å². The van der Waals surface area contributed by atoms with Crippen LogP contribution in [0.25, 0.3) is 0 Å². The van der Waals surface area contributed by atoms with Gasteiger partial charge in [0, 0.05) is 37.6 Å². The van der Waals surface area contributed by atoms with Gasteiger partial charge in [-0.25, -0.2) is 4.79 Å². The molecule has 1 atom stereocenters. The van der Waals surface area contributed by atoms with Crippen molar-refractivity contribution in [2.45, 2.75) is 32.9 Å². The Morgan fingerprint density at radius 2 is 2.17 bits per heavy atom. The average Bonchev–Trinajstić information content (AvgIpc) is 3.15. The minimum absolute atomic E-state index is 0.00507. The molecule has 0 aromatic carbocycles. The predicted octanol–water partition coefficient (Wildman–Crippen LogP) is 3.63. The maximum atomic E-state index is 12.5. The number of hydrogen-bond donors (Lipinski definition) is 1. The van der Waals surface area contributed by atoms with E-state index in [1.807, 2.05) is 30.9 Å². The van der Waals surface area contributed by atoms with Crippen molar-refractivity contribution in [2.75, 3.05) is 26.2 Å². The maximum Gasteiger partial charge on any atom is 0.318 e. The quantitative estimate of drug-likeness (QED) is 0.919. The Hall–Kier alpha value is -1.79. The Morgan fingerprint density at radius 1 is 1.29 bits per heavy atom. The lowest BCUT2D eigenvalue weighted by Crippen LogP contribution is -2.42. The molecule has 1 fully saturated rings. The molecule has 5 nitrogen and oxygen atoms in total. The molecule has 3 rings (SSSR count). The Morgan fingerprint density at radius 3 is 2.88 bits per heavy atom. The Labute approximate surface area is 147 Å². The number of nitrogens with zero attached hydrogens (tertiary/aromatic N) is 2. The summed E-state index contributed by atoms with van der Waals surface area (Å²) in [5, 5.41) is 5.16. The molecule has 0 aliphatic carbocycles. The SMILES string of the molecule is Cc1ccc([C@@H](C)NC(=O)N2CCCN(Cc3cccs3)CC2)o1. The summed E-state index contributed by atoms with van der Waals surface area (Å²) >= 11 is 1.79. The van der Waals surface area contributed by atoms with Gasteiger partial charge < -0.3 is 14.6 Å². The fourth-order valence-corrected chi connectivity index (χ4v) is 3.74. The first kappa shape index (κ1) is 17.0. The number of rotatable bonds is 4. The van der Waals surface area contributed by atoms with Crippen molar-refractivity contribution in [1.29, 1.82) is 0 Å². The number of thiophene rings is 1. The molecule has 3 heterocycles. The average molecular weight is 347 g/mol. The molecule has 0 radical (unpaired) electrons. The van der Waals surface area contributed by atoms with E-state index in [1.165, 1.54) is 4.88 Å². The van der Waals surface area contributed by atoms with Gasteiger partial charge in [-0.05, 0) is 43.8 Å². The van der Waals surface area contributed by atoms with Gasteiger partial charge in [-0.3, -0.25) is 4.90 Å². The van der Waals surface area contributed by atoms with E-state index in [9.17, 15) is 4.79 Å². The van der Waals surface area contributed by atoms with Crippen LogP contribution < -0.4 is 5.32 Å². The van der Waals surface area contributed by atoms with Crippen LogP contribution in [0.1, 0.15) is 35.8 Å². The van der Waals surface area contributed by atoms with Crippen LogP contribution in [0, 0.1) is 6.92 Å². The first-order chi connectivity index (χ1) is 11.6. The van der Waals surface area contributed by atoms with E-state index in [2.05, 4.69) is 27.7 Å². The number of carbonyl (C=O) groups is 1. The van der Waals surface area contributed by atoms with Gasteiger partial charge in [-0.2, -0.15) is 0 Å². The van der Waals surface area contributed by atoms with Crippen molar-refractivity contribution in [3.8, 4) is 0 Å². The summed E-state index contributed by atoms with van der Waals surface area (Å²) in [5.41, 5.74) is 0. The van der Waals surface area contributed by atoms with Gasteiger partial charge in [0.25, 0.3) is 0 Å². The lowest BCUT2D eigenvalue weighted by Gasteiger charge is -2.23. The molecule has 2 aromatic rings. The molecule has 0 unspecified atom stereocenters. The molecule has 2 amide bonds. The molecule has 6 heteroatoms. The van der Waals surface area contributed by atoms with Crippen LogP contribution in [0.2, 0.25) is 0 Å². The van der Waals surface area contributed by atoms with Crippen LogP contribution in [0.4, 0.5) is 4.79 Å². The van der Waals surface area contributed by atoms with Crippen LogP contribution in [-0.4, -0.2) is 42.0 Å². The van der Waals surface area contributed by atoms with E-state index in [0.717, 1.165) is 50.7 Å². The highest BCUT2D eigenvalue weighted by Crippen LogP contribution is 2.17. The summed E-state index contributed by atoms with van der Waals surface area (Å²) in [4.78, 5) is 18.3. The monoisotopic (exact) mass is 347 g/mol. The topological polar surface area (TPSA) is 48.7 Å². The molecule has 1 aliphatic heterocycles. The van der Waals surface area contributed by atoms with Gasteiger partial charge in [0.1, 0.15) is 11.5 Å². The van der Waals surface area contributed by atoms with Gasteiger partial charge in [0.15, 0.2) is 0 Å². The van der Waals surface area contributed by atoms with Crippen LogP contribution in [0.3, 0.4) is 0 Å². The number of urea groups is 1. The van der Waals surface area contributed by atoms with Crippen molar-refractivity contribution in [1.82, 2.24) is 15.1 Å². The summed E-state index contributed by atoms with van der Waals surface area (Å²) in [6, 6.07) is 7.99. The molecule has 0 spiro atoms. The fourth-order valence-electron chi connectivity index (χ4n) is 2.99. The first-order valence-corrected chi connectivity index (χ1v) is 9.36. The van der Waals surface area contributed by atoms with E-state index in [-0.39, 0.29) is 12.1 Å². The fraction of sp³-hybridized carbons (Fsp3) is 0.500. The molecule has 0 saturated carbocycles. The maximum absolute atomic E-state index is 12.5. The predicted molar refractivity (Wildman–Crippen MR) is 96.2 cm³/mol. The van der Waals surface area contributed by atoms with Gasteiger partial charge in [0.2, 0.25) is 0 Å². The second-order valence-corrected chi connectivity index (χ2v) is 7.35. The highest BCUT2D eigenvalue weighted by molar-refractivity contribution is 7.09. The summed E-state index contributed by atoms with van der Waals surface area (Å²) in [6.45, 7) is 8.37. The highest BCUT2D eigenvalue weighted by Gasteiger charge is 2.21. The van der Waals surface area contributed by atoms with E-state index in [1.54, 1.807) is 11.3 Å². The summed E-state index contributed by atoms with van der Waals surface area (Å²) in [6.07, 6.45) is 1.01. The lowest BCUT2D eigenvalue weighted by molar-refractivity contribution is 0.193. The minimum atomic E-state index is -0.114. The molecule has 1 N–H and O–H groups in total. The third-order valence-corrected chi connectivity index (χ3v) is 5.22. The van der Waals surface area contributed by atoms with Crippen molar-refractivity contribution >= 4 is 17.4 Å². The molecule has 1 saturated heterocycles. The standard InChI is InChI=1S/C18H25N3O2S/c1-14-6-7-17(23-14)15(2)19-18(22)21-9-4-8-20(10-11-21)13-16-5-3-12-24-16/h3,5-7,12,15H,4,8-11,13H2,1-2H3,(H,19,22)/t15-/m1/s1. The smallest absolute Gasteiger partial charge is 0.318 e. The summed E-state index contributed by atoms with van der Waals surface area (Å²) in [7, 11) is 0. The van der Waals surface area contributed by atoms with Crippen molar-refractivity contribution in [2.24, 2.45) is 0 Å². The van der Waals surface area contributed by atoms with Crippen molar-refractivity contribution in [3.63, 3.8) is 0 Å². The van der Waals surface area contributed by atoms with E-state index < -0.39 is 0 Å². The third-order valence-electron chi connectivity index (χ3n) is 4.36. The van der Waals surface area contributed by atoms with Gasteiger partial charge >= 0.3 is 6.03 Å². The van der Waals surface area contributed by atoms with Gasteiger partial charge in [-0.15, -0.1) is 11.3 Å². The number of amides is 2. The Bertz CT molecular complexity index is 653. The molecule has 24 heavy (non-hydrogen) atoms. The number of carbonyl (C=O) groups excluding carboxylic acids is 1. The zero-order chi connectivity index (χ0) is 16.9. The zero-order valence-electron chi connectivity index (χ0n) is 14.3. The normalized spacial score (nSPS) is 17.5. The molecule has 2 aromatic heterocycles. The second kappa shape index (κ2) is 7.85. The van der Waals surface area contributed by atoms with Gasteiger partial charge in [-0.1, -0.05) is 6.07 Å². The third kappa shape index (κ3) is 4.39. The minimum Gasteiger partial charge on any atom is -0.464 e. The molecule has 0 bridgehead atoms. The molecule has 1 aliphatic rings. The Kier molecular flexibility index (Phi) is 5.58. The van der Waals surface area contributed by atoms with Crippen molar-refractivity contribution in [3.05, 3.63) is 46.0 Å². The van der Waals surface area contributed by atoms with E-state index in [4.69, 9.17) is 4.42 Å². The Balaban J connectivity index is 1.50. The second-order valence-electron chi connectivity index (χ2n) is 6.32. The number of hydrogen-bond acceptors (Lipinski definition) is 4. The van der Waals surface area contributed by atoms with Crippen LogP contribution in [0.15, 0.2) is 34.1 Å². The lowest BCUT2D eigenvalue weighted by atomic mass is 10.2. The largest absolute Gasteiger partial charge is 0.464 e. The number of aryl methyl sites for hydroxylation is 1. The molecule has 130 valence electrons. The summed E-state index contributed by atoms with van der Waals surface area (Å²) < 4.78 is 5.59. The molecular formula is C18H25N3O2S. The van der Waals surface area contributed by atoms with E-state index >= 15 is 0 Å². The van der Waals surface area contributed by atoms with E-state index in [0.29, 0.717) is 0 Å². The number of nitrogens with one attached hydrogen (secondary N) is 1. The summed E-state index contributed by atoms with van der Waals surface area (Å²) in [5.74, 6) is 1.67. The van der Waals surface area contributed by atoms with Crippen LogP contribution in [0.5, 0.6) is 0 Å².